The maximum Gasteiger partial charge on any atom is 0.137 e. The fraction of sp³-hybridized carbons (Fsp3) is 0.222. The molecule has 2 N–H and O–H groups in total. The molecule has 0 aliphatic rings. The van der Waals surface area contributed by atoms with Crippen LogP contribution in [0.3, 0.4) is 0 Å². The fourth-order valence-electron chi connectivity index (χ4n) is 2.50. The number of benzene rings is 2. The van der Waals surface area contributed by atoms with Gasteiger partial charge in [-0.2, -0.15) is 0 Å². The van der Waals surface area contributed by atoms with Crippen molar-refractivity contribution < 1.29 is 13.9 Å². The van der Waals surface area contributed by atoms with Crippen molar-refractivity contribution in [3.8, 4) is 0 Å². The highest BCUT2D eigenvalue weighted by Gasteiger charge is 2.10. The van der Waals surface area contributed by atoms with Gasteiger partial charge in [0.2, 0.25) is 0 Å². The molecule has 22 heavy (non-hydrogen) atoms. The number of aliphatic hydroxyl groups excluding tert-OH is 1. The summed E-state index contributed by atoms with van der Waals surface area (Å²) in [7, 11) is 0. The van der Waals surface area contributed by atoms with E-state index >= 15 is 0 Å². The maximum atomic E-state index is 14.2. The summed E-state index contributed by atoms with van der Waals surface area (Å²) in [4.78, 5) is 0. The van der Waals surface area contributed by atoms with Crippen LogP contribution in [0.25, 0.3) is 11.0 Å². The van der Waals surface area contributed by atoms with E-state index in [4.69, 9.17) is 9.52 Å². The minimum Gasteiger partial charge on any atom is -0.461 e. The van der Waals surface area contributed by atoms with E-state index in [0.29, 0.717) is 30.5 Å². The Labute approximate surface area is 128 Å². The molecule has 1 aromatic heterocycles. The zero-order valence-corrected chi connectivity index (χ0v) is 12.2. The quantitative estimate of drug-likeness (QED) is 0.687. The number of hydrogen-bond donors (Lipinski definition) is 2. The van der Waals surface area contributed by atoms with E-state index in [-0.39, 0.29) is 12.4 Å². The summed E-state index contributed by atoms with van der Waals surface area (Å²) in [5, 5.41) is 12.3. The monoisotopic (exact) mass is 299 g/mol. The molecule has 1 heterocycles. The van der Waals surface area contributed by atoms with Crippen molar-refractivity contribution >= 4 is 11.0 Å². The Morgan fingerprint density at radius 2 is 1.86 bits per heavy atom. The lowest BCUT2D eigenvalue weighted by Gasteiger charge is -2.03. The van der Waals surface area contributed by atoms with Gasteiger partial charge in [-0.1, -0.05) is 30.3 Å². The Balaban J connectivity index is 1.84. The predicted octanol–water partition coefficient (Wildman–Crippen LogP) is 3.24. The van der Waals surface area contributed by atoms with Crippen LogP contribution < -0.4 is 5.32 Å². The molecule has 0 saturated carbocycles. The molecule has 0 saturated heterocycles. The minimum absolute atomic E-state index is 0.0622. The molecule has 3 rings (SSSR count). The van der Waals surface area contributed by atoms with Crippen molar-refractivity contribution in [2.45, 2.75) is 13.0 Å². The van der Waals surface area contributed by atoms with Gasteiger partial charge >= 0.3 is 0 Å². The zero-order valence-electron chi connectivity index (χ0n) is 12.2. The zero-order chi connectivity index (χ0) is 15.4. The summed E-state index contributed by atoms with van der Waals surface area (Å²) in [5.41, 5.74) is 2.50. The Bertz CT molecular complexity index is 752. The smallest absolute Gasteiger partial charge is 0.137 e. The van der Waals surface area contributed by atoms with E-state index in [2.05, 4.69) is 5.32 Å². The summed E-state index contributed by atoms with van der Waals surface area (Å²) < 4.78 is 20.0. The van der Waals surface area contributed by atoms with Crippen LogP contribution >= 0.6 is 0 Å². The highest BCUT2D eigenvalue weighted by Crippen LogP contribution is 2.25. The van der Waals surface area contributed by atoms with Gasteiger partial charge in [0.1, 0.15) is 17.2 Å². The first-order valence-corrected chi connectivity index (χ1v) is 7.32. The van der Waals surface area contributed by atoms with Crippen LogP contribution in [0.5, 0.6) is 0 Å². The third-order valence-corrected chi connectivity index (χ3v) is 3.54. The second-order valence-electron chi connectivity index (χ2n) is 5.26. The molecule has 0 amide bonds. The Morgan fingerprint density at radius 3 is 2.64 bits per heavy atom. The normalized spacial score (nSPS) is 11.2. The van der Waals surface area contributed by atoms with Crippen LogP contribution in [0.15, 0.2) is 52.9 Å². The highest BCUT2D eigenvalue weighted by atomic mass is 19.1. The SMILES string of the molecule is OCCNCc1cc(F)c2cc(Cc3ccccc3)oc2c1. The van der Waals surface area contributed by atoms with Crippen molar-refractivity contribution in [2.24, 2.45) is 0 Å². The molecule has 0 unspecified atom stereocenters. The molecule has 0 fully saturated rings. The largest absolute Gasteiger partial charge is 0.461 e. The lowest BCUT2D eigenvalue weighted by molar-refractivity contribution is 0.292. The lowest BCUT2D eigenvalue weighted by Crippen LogP contribution is -2.17. The first-order valence-electron chi connectivity index (χ1n) is 7.32. The van der Waals surface area contributed by atoms with Gasteiger partial charge in [-0.25, -0.2) is 4.39 Å². The number of aliphatic hydroxyl groups is 1. The van der Waals surface area contributed by atoms with E-state index in [0.717, 1.165) is 16.9 Å². The molecule has 114 valence electrons. The number of hydrogen-bond acceptors (Lipinski definition) is 3. The Morgan fingerprint density at radius 1 is 1.05 bits per heavy atom. The summed E-state index contributed by atoms with van der Waals surface area (Å²) in [6.45, 7) is 1.05. The van der Waals surface area contributed by atoms with Gasteiger partial charge in [-0.15, -0.1) is 0 Å². The number of halogens is 1. The Kier molecular flexibility index (Phi) is 4.51. The summed E-state index contributed by atoms with van der Waals surface area (Å²) in [6, 6.07) is 15.1. The Hall–Kier alpha value is -2.17. The van der Waals surface area contributed by atoms with E-state index in [1.807, 2.05) is 36.4 Å². The molecule has 2 aromatic carbocycles. The molecular formula is C18H18FNO2. The van der Waals surface area contributed by atoms with E-state index in [9.17, 15) is 4.39 Å². The van der Waals surface area contributed by atoms with Gasteiger partial charge < -0.3 is 14.8 Å². The number of nitrogens with one attached hydrogen (secondary N) is 1. The first-order chi connectivity index (χ1) is 10.8. The van der Waals surface area contributed by atoms with Gasteiger partial charge in [0.05, 0.1) is 12.0 Å². The number of furan rings is 1. The molecule has 4 heteroatoms. The third-order valence-electron chi connectivity index (χ3n) is 3.54. The van der Waals surface area contributed by atoms with Crippen LogP contribution in [-0.2, 0) is 13.0 Å². The topological polar surface area (TPSA) is 45.4 Å². The van der Waals surface area contributed by atoms with Crippen molar-refractivity contribution in [3.63, 3.8) is 0 Å². The maximum absolute atomic E-state index is 14.2. The first kappa shape index (κ1) is 14.8. The standard InChI is InChI=1S/C18H18FNO2/c19-17-9-14(12-20-6-7-21)10-18-16(17)11-15(22-18)8-13-4-2-1-3-5-13/h1-5,9-11,20-21H,6-8,12H2. The van der Waals surface area contributed by atoms with E-state index in [1.54, 1.807) is 6.07 Å². The third kappa shape index (κ3) is 3.35. The van der Waals surface area contributed by atoms with Crippen molar-refractivity contribution in [2.75, 3.05) is 13.2 Å². The molecule has 0 aliphatic carbocycles. The van der Waals surface area contributed by atoms with Crippen molar-refractivity contribution in [1.82, 2.24) is 5.32 Å². The van der Waals surface area contributed by atoms with Gasteiger partial charge in [0.25, 0.3) is 0 Å². The van der Waals surface area contributed by atoms with Crippen LogP contribution in [0.1, 0.15) is 16.9 Å². The molecule has 3 aromatic rings. The molecule has 0 atom stereocenters. The minimum atomic E-state index is -0.277. The number of rotatable bonds is 6. The van der Waals surface area contributed by atoms with Gasteiger partial charge in [0, 0.05) is 19.5 Å². The lowest BCUT2D eigenvalue weighted by atomic mass is 10.1. The summed E-state index contributed by atoms with van der Waals surface area (Å²) >= 11 is 0. The second-order valence-corrected chi connectivity index (χ2v) is 5.26. The van der Waals surface area contributed by atoms with Crippen molar-refractivity contribution in [3.05, 3.63) is 71.2 Å². The van der Waals surface area contributed by atoms with E-state index in [1.165, 1.54) is 6.07 Å². The summed E-state index contributed by atoms with van der Waals surface area (Å²) in [5.74, 6) is 0.474. The van der Waals surface area contributed by atoms with E-state index < -0.39 is 0 Å². The van der Waals surface area contributed by atoms with Crippen LogP contribution in [0.2, 0.25) is 0 Å². The molecule has 0 radical (unpaired) electrons. The van der Waals surface area contributed by atoms with Gasteiger partial charge in [0.15, 0.2) is 0 Å². The number of fused-ring (bicyclic) bond motifs is 1. The average molecular weight is 299 g/mol. The average Bonchev–Trinajstić information content (AvgIpc) is 2.92. The fourth-order valence-corrected chi connectivity index (χ4v) is 2.50. The van der Waals surface area contributed by atoms with Crippen molar-refractivity contribution in [1.29, 1.82) is 0 Å². The van der Waals surface area contributed by atoms with Gasteiger partial charge in [-0.3, -0.25) is 0 Å². The van der Waals surface area contributed by atoms with Crippen LogP contribution in [-0.4, -0.2) is 18.3 Å². The molecule has 0 bridgehead atoms. The van der Waals surface area contributed by atoms with Crippen LogP contribution in [0.4, 0.5) is 4.39 Å². The second kappa shape index (κ2) is 6.73. The summed E-state index contributed by atoms with van der Waals surface area (Å²) in [6.07, 6.45) is 0.646. The molecule has 0 spiro atoms. The van der Waals surface area contributed by atoms with Crippen LogP contribution in [0, 0.1) is 5.82 Å². The molecular weight excluding hydrogens is 281 g/mol. The highest BCUT2D eigenvalue weighted by molar-refractivity contribution is 5.79. The van der Waals surface area contributed by atoms with Gasteiger partial charge in [-0.05, 0) is 29.3 Å². The predicted molar refractivity (Wildman–Crippen MR) is 84.2 cm³/mol. The molecule has 3 nitrogen and oxygen atoms in total. The molecule has 0 aliphatic heterocycles.